The van der Waals surface area contributed by atoms with E-state index in [1.165, 1.54) is 0 Å². The summed E-state index contributed by atoms with van der Waals surface area (Å²) in [4.78, 5) is 11.3. The van der Waals surface area contributed by atoms with Gasteiger partial charge in [-0.2, -0.15) is 0 Å². The molecule has 1 fully saturated rings. The fraction of sp³-hybridized carbons (Fsp3) is 0.667. The van der Waals surface area contributed by atoms with Crippen molar-refractivity contribution in [2.45, 2.75) is 19.8 Å². The van der Waals surface area contributed by atoms with Crippen molar-refractivity contribution in [1.82, 2.24) is 5.32 Å². The molecule has 0 aliphatic carbocycles. The van der Waals surface area contributed by atoms with Gasteiger partial charge in [-0.1, -0.05) is 5.92 Å². The van der Waals surface area contributed by atoms with Crippen LogP contribution in [0, 0.1) is 17.8 Å². The molecule has 2 heteroatoms. The molecule has 1 aliphatic rings. The second-order valence-electron chi connectivity index (χ2n) is 2.76. The Morgan fingerprint density at radius 2 is 2.55 bits per heavy atom. The predicted octanol–water partition coefficient (Wildman–Crippen LogP) is 0.578. The van der Waals surface area contributed by atoms with Crippen molar-refractivity contribution in [1.29, 1.82) is 0 Å². The zero-order valence-electron chi connectivity index (χ0n) is 6.81. The third-order valence-electron chi connectivity index (χ3n) is 1.96. The topological polar surface area (TPSA) is 29.1 Å². The summed E-state index contributed by atoms with van der Waals surface area (Å²) in [6.45, 7) is 3.60. The van der Waals surface area contributed by atoms with Crippen molar-refractivity contribution in [3.63, 3.8) is 0 Å². The average molecular weight is 151 g/mol. The summed E-state index contributed by atoms with van der Waals surface area (Å²) in [6, 6.07) is 0. The van der Waals surface area contributed by atoms with E-state index in [4.69, 9.17) is 0 Å². The maximum absolute atomic E-state index is 11.3. The van der Waals surface area contributed by atoms with E-state index in [0.717, 1.165) is 19.5 Å². The highest BCUT2D eigenvalue weighted by Crippen LogP contribution is 2.09. The highest BCUT2D eigenvalue weighted by atomic mass is 16.1. The molecule has 2 nitrogen and oxygen atoms in total. The van der Waals surface area contributed by atoms with Crippen LogP contribution in [0.3, 0.4) is 0 Å². The molecule has 0 bridgehead atoms. The van der Waals surface area contributed by atoms with Gasteiger partial charge in [0.1, 0.15) is 5.78 Å². The molecule has 60 valence electrons. The maximum atomic E-state index is 11.3. The highest BCUT2D eigenvalue weighted by Gasteiger charge is 2.20. The molecule has 0 aromatic rings. The summed E-state index contributed by atoms with van der Waals surface area (Å²) in [6.07, 6.45) is 1.42. The molecule has 1 atom stereocenters. The van der Waals surface area contributed by atoms with E-state index in [1.54, 1.807) is 6.92 Å². The second kappa shape index (κ2) is 4.15. The molecule has 0 saturated carbocycles. The lowest BCUT2D eigenvalue weighted by atomic mass is 10.0. The molecule has 0 amide bonds. The Labute approximate surface area is 67.4 Å². The first-order valence-corrected chi connectivity index (χ1v) is 3.97. The number of ketones is 1. The van der Waals surface area contributed by atoms with Crippen LogP contribution in [0.4, 0.5) is 0 Å². The number of Topliss-reactive ketones (excluding diaryl/α,β-unsaturated/α-hetero) is 1. The van der Waals surface area contributed by atoms with Crippen molar-refractivity contribution < 1.29 is 4.79 Å². The molecule has 1 aliphatic heterocycles. The van der Waals surface area contributed by atoms with Gasteiger partial charge in [-0.25, -0.2) is 0 Å². The fourth-order valence-electron chi connectivity index (χ4n) is 1.25. The van der Waals surface area contributed by atoms with Crippen molar-refractivity contribution >= 4 is 5.78 Å². The van der Waals surface area contributed by atoms with E-state index in [2.05, 4.69) is 17.2 Å². The van der Waals surface area contributed by atoms with Gasteiger partial charge in [-0.05, 0) is 19.9 Å². The number of carbonyl (C=O) groups excluding carboxylic acids is 1. The largest absolute Gasteiger partial charge is 0.316 e. The molecule has 0 spiro atoms. The maximum Gasteiger partial charge on any atom is 0.149 e. The van der Waals surface area contributed by atoms with Gasteiger partial charge in [0.15, 0.2) is 0 Å². The molecule has 1 N–H and O–H groups in total. The first-order valence-electron chi connectivity index (χ1n) is 3.97. The average Bonchev–Trinajstić information content (AvgIpc) is 2.52. The summed E-state index contributed by atoms with van der Waals surface area (Å²) >= 11 is 0. The summed E-state index contributed by atoms with van der Waals surface area (Å²) in [5.74, 6) is 6.06. The first kappa shape index (κ1) is 8.29. The zero-order chi connectivity index (χ0) is 8.10. The van der Waals surface area contributed by atoms with Gasteiger partial charge in [0.25, 0.3) is 0 Å². The van der Waals surface area contributed by atoms with E-state index >= 15 is 0 Å². The molecule has 1 rings (SSSR count). The summed E-state index contributed by atoms with van der Waals surface area (Å²) < 4.78 is 0. The van der Waals surface area contributed by atoms with E-state index in [9.17, 15) is 4.79 Å². The molecule has 1 saturated heterocycles. The van der Waals surface area contributed by atoms with Crippen LogP contribution in [-0.4, -0.2) is 18.9 Å². The van der Waals surface area contributed by atoms with E-state index in [-0.39, 0.29) is 5.92 Å². The standard InChI is InChI=1S/C9H13NO/c1-2-3-4-9(11)8-5-6-10-7-8/h8,10H,4-7H2,1H3/t8-/m1/s1. The minimum Gasteiger partial charge on any atom is -0.316 e. The van der Waals surface area contributed by atoms with Gasteiger partial charge in [0.2, 0.25) is 0 Å². The summed E-state index contributed by atoms with van der Waals surface area (Å²) in [5.41, 5.74) is 0. The van der Waals surface area contributed by atoms with Crippen molar-refractivity contribution in [3.05, 3.63) is 0 Å². The van der Waals surface area contributed by atoms with Crippen LogP contribution in [-0.2, 0) is 4.79 Å². The number of nitrogens with one attached hydrogen (secondary N) is 1. The van der Waals surface area contributed by atoms with Gasteiger partial charge < -0.3 is 5.32 Å². The third-order valence-corrected chi connectivity index (χ3v) is 1.96. The Kier molecular flexibility index (Phi) is 3.13. The first-order chi connectivity index (χ1) is 5.34. The highest BCUT2D eigenvalue weighted by molar-refractivity contribution is 5.83. The molecule has 0 aromatic heterocycles. The lowest BCUT2D eigenvalue weighted by molar-refractivity contribution is -0.121. The number of hydrogen-bond donors (Lipinski definition) is 1. The molecule has 0 unspecified atom stereocenters. The van der Waals surface area contributed by atoms with Gasteiger partial charge in [-0.3, -0.25) is 4.79 Å². The van der Waals surface area contributed by atoms with E-state index < -0.39 is 0 Å². The van der Waals surface area contributed by atoms with E-state index in [1.807, 2.05) is 0 Å². The minimum absolute atomic E-state index is 0.232. The number of carbonyl (C=O) groups is 1. The monoisotopic (exact) mass is 151 g/mol. The van der Waals surface area contributed by atoms with Crippen LogP contribution >= 0.6 is 0 Å². The van der Waals surface area contributed by atoms with Gasteiger partial charge >= 0.3 is 0 Å². The molecule has 0 aromatic carbocycles. The zero-order valence-corrected chi connectivity index (χ0v) is 6.81. The molecular weight excluding hydrogens is 138 g/mol. The predicted molar refractivity (Wildman–Crippen MR) is 44.1 cm³/mol. The Bertz CT molecular complexity index is 193. The fourth-order valence-corrected chi connectivity index (χ4v) is 1.25. The Morgan fingerprint density at radius 1 is 1.73 bits per heavy atom. The smallest absolute Gasteiger partial charge is 0.149 e. The Morgan fingerprint density at radius 3 is 3.09 bits per heavy atom. The Hall–Kier alpha value is -0.810. The van der Waals surface area contributed by atoms with Gasteiger partial charge in [0.05, 0.1) is 6.42 Å². The molecule has 0 radical (unpaired) electrons. The summed E-state index contributed by atoms with van der Waals surface area (Å²) in [5, 5.41) is 3.16. The summed E-state index contributed by atoms with van der Waals surface area (Å²) in [7, 11) is 0. The van der Waals surface area contributed by atoms with Crippen LogP contribution in [0.25, 0.3) is 0 Å². The van der Waals surface area contributed by atoms with Crippen LogP contribution < -0.4 is 5.32 Å². The van der Waals surface area contributed by atoms with Crippen LogP contribution in [0.15, 0.2) is 0 Å². The lowest BCUT2D eigenvalue weighted by Gasteiger charge is -2.01. The SMILES string of the molecule is CC#CCC(=O)[C@@H]1CCNC1. The normalized spacial score (nSPS) is 22.5. The van der Waals surface area contributed by atoms with Crippen LogP contribution in [0.5, 0.6) is 0 Å². The molecule has 11 heavy (non-hydrogen) atoms. The molecule has 1 heterocycles. The quantitative estimate of drug-likeness (QED) is 0.585. The van der Waals surface area contributed by atoms with Crippen molar-refractivity contribution in [2.75, 3.05) is 13.1 Å². The third kappa shape index (κ3) is 2.36. The minimum atomic E-state index is 0.232. The molecular formula is C9H13NO. The number of rotatable bonds is 2. The van der Waals surface area contributed by atoms with Crippen molar-refractivity contribution in [2.24, 2.45) is 5.92 Å². The van der Waals surface area contributed by atoms with Gasteiger partial charge in [0, 0.05) is 12.5 Å². The van der Waals surface area contributed by atoms with Crippen LogP contribution in [0.1, 0.15) is 19.8 Å². The lowest BCUT2D eigenvalue weighted by Crippen LogP contribution is -2.16. The van der Waals surface area contributed by atoms with E-state index in [0.29, 0.717) is 12.2 Å². The number of hydrogen-bond acceptors (Lipinski definition) is 2. The second-order valence-corrected chi connectivity index (χ2v) is 2.76. The van der Waals surface area contributed by atoms with Gasteiger partial charge in [-0.15, -0.1) is 5.92 Å². The van der Waals surface area contributed by atoms with Crippen LogP contribution in [0.2, 0.25) is 0 Å². The Balaban J connectivity index is 2.32. The van der Waals surface area contributed by atoms with Crippen molar-refractivity contribution in [3.8, 4) is 11.8 Å².